The zero-order valence-corrected chi connectivity index (χ0v) is 13.2. The summed E-state index contributed by atoms with van der Waals surface area (Å²) in [5, 5.41) is 10.4. The standard InChI is InChI=1S/C17H14N2O4S/c18-16-3-1-2-11-6-9-14(10-15(11)16)24(22,23)19-13-7-4-12(5-8-13)17(20)21/h1-10,19H,18H2,(H,20,21). The van der Waals surface area contributed by atoms with Gasteiger partial charge in [0.05, 0.1) is 10.5 Å². The maximum Gasteiger partial charge on any atom is 0.335 e. The predicted molar refractivity (Wildman–Crippen MR) is 92.6 cm³/mol. The van der Waals surface area contributed by atoms with E-state index >= 15 is 0 Å². The molecular formula is C17H14N2O4S. The van der Waals surface area contributed by atoms with Crippen molar-refractivity contribution in [3.63, 3.8) is 0 Å². The Morgan fingerprint density at radius 3 is 2.38 bits per heavy atom. The first-order chi connectivity index (χ1) is 11.4. The second kappa shape index (κ2) is 5.86. The Kier molecular flexibility index (Phi) is 3.86. The number of hydrogen-bond acceptors (Lipinski definition) is 4. The van der Waals surface area contributed by atoms with Gasteiger partial charge >= 0.3 is 5.97 Å². The Morgan fingerprint density at radius 1 is 1.00 bits per heavy atom. The molecule has 24 heavy (non-hydrogen) atoms. The number of sulfonamides is 1. The van der Waals surface area contributed by atoms with Crippen molar-refractivity contribution < 1.29 is 18.3 Å². The lowest BCUT2D eigenvalue weighted by molar-refractivity contribution is 0.0697. The number of carbonyl (C=O) groups is 1. The fourth-order valence-corrected chi connectivity index (χ4v) is 3.42. The van der Waals surface area contributed by atoms with Gasteiger partial charge < -0.3 is 10.8 Å². The zero-order valence-electron chi connectivity index (χ0n) is 12.4. The number of aromatic carboxylic acids is 1. The van der Waals surface area contributed by atoms with Crippen LogP contribution in [0.15, 0.2) is 65.6 Å². The van der Waals surface area contributed by atoms with Crippen molar-refractivity contribution in [2.24, 2.45) is 0 Å². The van der Waals surface area contributed by atoms with Crippen LogP contribution in [-0.2, 0) is 10.0 Å². The molecular weight excluding hydrogens is 328 g/mol. The number of fused-ring (bicyclic) bond motifs is 1. The molecule has 0 amide bonds. The summed E-state index contributed by atoms with van der Waals surface area (Å²) in [4.78, 5) is 10.9. The molecule has 0 aromatic heterocycles. The Bertz CT molecular complexity index is 1030. The summed E-state index contributed by atoms with van der Waals surface area (Å²) >= 11 is 0. The maximum absolute atomic E-state index is 12.5. The molecule has 0 heterocycles. The molecule has 0 atom stereocenters. The zero-order chi connectivity index (χ0) is 17.3. The molecule has 122 valence electrons. The van der Waals surface area contributed by atoms with Crippen LogP contribution in [0.3, 0.4) is 0 Å². The number of benzene rings is 3. The average molecular weight is 342 g/mol. The van der Waals surface area contributed by atoms with E-state index in [1.807, 2.05) is 6.07 Å². The number of nitrogens with two attached hydrogens (primary N) is 1. The molecule has 0 aliphatic heterocycles. The van der Waals surface area contributed by atoms with Crippen LogP contribution in [0.1, 0.15) is 10.4 Å². The van der Waals surface area contributed by atoms with Crippen molar-refractivity contribution in [2.45, 2.75) is 4.90 Å². The van der Waals surface area contributed by atoms with Crippen LogP contribution in [0, 0.1) is 0 Å². The smallest absolute Gasteiger partial charge is 0.335 e. The topological polar surface area (TPSA) is 109 Å². The molecule has 0 radical (unpaired) electrons. The van der Waals surface area contributed by atoms with Gasteiger partial charge in [-0.1, -0.05) is 18.2 Å². The second-order valence-electron chi connectivity index (χ2n) is 5.22. The number of anilines is 2. The van der Waals surface area contributed by atoms with Gasteiger partial charge in [0.1, 0.15) is 0 Å². The van der Waals surface area contributed by atoms with Crippen molar-refractivity contribution >= 4 is 38.1 Å². The molecule has 3 aromatic carbocycles. The lowest BCUT2D eigenvalue weighted by Crippen LogP contribution is -2.13. The third-order valence-corrected chi connectivity index (χ3v) is 4.96. The first-order valence-corrected chi connectivity index (χ1v) is 8.49. The van der Waals surface area contributed by atoms with Gasteiger partial charge in [0.2, 0.25) is 0 Å². The molecule has 4 N–H and O–H groups in total. The average Bonchev–Trinajstić information content (AvgIpc) is 2.55. The van der Waals surface area contributed by atoms with Crippen LogP contribution < -0.4 is 10.5 Å². The third kappa shape index (κ3) is 3.02. The Morgan fingerprint density at radius 2 is 1.71 bits per heavy atom. The molecule has 0 aliphatic carbocycles. The van der Waals surface area contributed by atoms with Crippen molar-refractivity contribution in [3.05, 3.63) is 66.2 Å². The quantitative estimate of drug-likeness (QED) is 0.632. The predicted octanol–water partition coefficient (Wildman–Crippen LogP) is 2.92. The Balaban J connectivity index is 1.95. The van der Waals surface area contributed by atoms with E-state index in [2.05, 4.69) is 4.72 Å². The van der Waals surface area contributed by atoms with E-state index in [0.717, 1.165) is 5.39 Å². The molecule has 0 bridgehead atoms. The molecule has 0 saturated heterocycles. The summed E-state index contributed by atoms with van der Waals surface area (Å²) in [5.41, 5.74) is 6.75. The van der Waals surface area contributed by atoms with Crippen LogP contribution >= 0.6 is 0 Å². The molecule has 0 spiro atoms. The van der Waals surface area contributed by atoms with Crippen molar-refractivity contribution in [1.82, 2.24) is 0 Å². The van der Waals surface area contributed by atoms with E-state index < -0.39 is 16.0 Å². The van der Waals surface area contributed by atoms with Crippen LogP contribution in [-0.4, -0.2) is 19.5 Å². The fourth-order valence-electron chi connectivity index (χ4n) is 2.34. The maximum atomic E-state index is 12.5. The van der Waals surface area contributed by atoms with E-state index in [4.69, 9.17) is 10.8 Å². The van der Waals surface area contributed by atoms with Gasteiger partial charge in [-0.2, -0.15) is 0 Å². The van der Waals surface area contributed by atoms with E-state index in [0.29, 0.717) is 11.1 Å². The van der Waals surface area contributed by atoms with Gasteiger partial charge in [-0.05, 0) is 47.9 Å². The molecule has 0 aliphatic rings. The number of rotatable bonds is 4. The third-order valence-electron chi connectivity index (χ3n) is 3.58. The highest BCUT2D eigenvalue weighted by atomic mass is 32.2. The monoisotopic (exact) mass is 342 g/mol. The minimum atomic E-state index is -3.81. The van der Waals surface area contributed by atoms with Crippen LogP contribution in [0.2, 0.25) is 0 Å². The van der Waals surface area contributed by atoms with Gasteiger partial charge in [-0.15, -0.1) is 0 Å². The van der Waals surface area contributed by atoms with Crippen molar-refractivity contribution in [2.75, 3.05) is 10.5 Å². The summed E-state index contributed by atoms with van der Waals surface area (Å²) in [6, 6.07) is 15.5. The number of nitrogen functional groups attached to an aromatic ring is 1. The summed E-state index contributed by atoms with van der Waals surface area (Å²) in [7, 11) is -3.81. The molecule has 3 aromatic rings. The van der Waals surface area contributed by atoms with E-state index in [-0.39, 0.29) is 16.1 Å². The van der Waals surface area contributed by atoms with E-state index in [1.165, 1.54) is 36.4 Å². The van der Waals surface area contributed by atoms with Gasteiger partial charge in [0, 0.05) is 16.8 Å². The normalized spacial score (nSPS) is 11.3. The molecule has 7 heteroatoms. The number of hydrogen-bond donors (Lipinski definition) is 3. The first-order valence-electron chi connectivity index (χ1n) is 7.01. The fraction of sp³-hybridized carbons (Fsp3) is 0. The molecule has 0 unspecified atom stereocenters. The van der Waals surface area contributed by atoms with Crippen LogP contribution in [0.5, 0.6) is 0 Å². The number of carboxylic acids is 1. The first kappa shape index (κ1) is 15.8. The molecule has 3 rings (SSSR count). The minimum absolute atomic E-state index is 0.0789. The summed E-state index contributed by atoms with van der Waals surface area (Å²) in [5.74, 6) is -1.07. The van der Waals surface area contributed by atoms with Gasteiger partial charge in [-0.3, -0.25) is 4.72 Å². The second-order valence-corrected chi connectivity index (χ2v) is 6.90. The van der Waals surface area contributed by atoms with Gasteiger partial charge in [-0.25, -0.2) is 13.2 Å². The van der Waals surface area contributed by atoms with E-state index in [9.17, 15) is 13.2 Å². The lowest BCUT2D eigenvalue weighted by atomic mass is 10.1. The largest absolute Gasteiger partial charge is 0.478 e. The van der Waals surface area contributed by atoms with Gasteiger partial charge in [0.15, 0.2) is 0 Å². The highest BCUT2D eigenvalue weighted by Gasteiger charge is 2.15. The highest BCUT2D eigenvalue weighted by Crippen LogP contribution is 2.25. The summed E-state index contributed by atoms with van der Waals surface area (Å²) < 4.78 is 27.4. The Labute approximate surface area is 138 Å². The van der Waals surface area contributed by atoms with Crippen LogP contribution in [0.25, 0.3) is 10.8 Å². The number of nitrogens with one attached hydrogen (secondary N) is 1. The molecule has 0 fully saturated rings. The lowest BCUT2D eigenvalue weighted by Gasteiger charge is -2.10. The SMILES string of the molecule is Nc1cccc2ccc(S(=O)(=O)Nc3ccc(C(=O)O)cc3)cc12. The van der Waals surface area contributed by atoms with Crippen LogP contribution in [0.4, 0.5) is 11.4 Å². The van der Waals surface area contributed by atoms with Crippen molar-refractivity contribution in [3.8, 4) is 0 Å². The summed E-state index contributed by atoms with van der Waals surface area (Å²) in [6.07, 6.45) is 0. The summed E-state index contributed by atoms with van der Waals surface area (Å²) in [6.45, 7) is 0. The highest BCUT2D eigenvalue weighted by molar-refractivity contribution is 7.92. The molecule has 6 nitrogen and oxygen atoms in total. The Hall–Kier alpha value is -3.06. The van der Waals surface area contributed by atoms with Crippen molar-refractivity contribution in [1.29, 1.82) is 0 Å². The minimum Gasteiger partial charge on any atom is -0.478 e. The molecule has 0 saturated carbocycles. The number of carboxylic acid groups (broad SMARTS) is 1. The van der Waals surface area contributed by atoms with Gasteiger partial charge in [0.25, 0.3) is 10.0 Å². The van der Waals surface area contributed by atoms with E-state index in [1.54, 1.807) is 18.2 Å².